The summed E-state index contributed by atoms with van der Waals surface area (Å²) in [5, 5.41) is 0. The molecule has 0 rings (SSSR count). The molecular weight excluding hydrogens is 112 g/mol. The Hall–Kier alpha value is -0.920. The third kappa shape index (κ3) is 3.64. The van der Waals surface area contributed by atoms with Gasteiger partial charge in [-0.15, -0.1) is 0 Å². The molecule has 0 unspecified atom stereocenters. The summed E-state index contributed by atoms with van der Waals surface area (Å²) in [4.78, 5) is 1.93. The Morgan fingerprint density at radius 1 is 1.78 bits per heavy atom. The van der Waals surface area contributed by atoms with Crippen molar-refractivity contribution >= 4 is 0 Å². The van der Waals surface area contributed by atoms with Crippen molar-refractivity contribution in [3.05, 3.63) is 24.7 Å². The first-order valence-electron chi connectivity index (χ1n) is 3.03. The normalized spacial score (nSPS) is 11.1. The SMILES string of the molecule is C=CN(/C=C(/C)N)CC. The van der Waals surface area contributed by atoms with E-state index in [-0.39, 0.29) is 0 Å². The molecule has 0 amide bonds. The molecule has 2 heteroatoms. The Morgan fingerprint density at radius 2 is 2.33 bits per heavy atom. The van der Waals surface area contributed by atoms with Crippen molar-refractivity contribution in [2.45, 2.75) is 13.8 Å². The van der Waals surface area contributed by atoms with E-state index in [2.05, 4.69) is 6.58 Å². The zero-order chi connectivity index (χ0) is 7.28. The lowest BCUT2D eigenvalue weighted by Crippen LogP contribution is -2.10. The van der Waals surface area contributed by atoms with Crippen LogP contribution >= 0.6 is 0 Å². The number of nitrogens with two attached hydrogens (primary N) is 1. The summed E-state index contributed by atoms with van der Waals surface area (Å²) < 4.78 is 0. The number of rotatable bonds is 3. The van der Waals surface area contributed by atoms with Crippen LogP contribution in [0.15, 0.2) is 24.7 Å². The molecule has 0 bridgehead atoms. The van der Waals surface area contributed by atoms with Gasteiger partial charge in [-0.05, 0) is 20.0 Å². The van der Waals surface area contributed by atoms with Gasteiger partial charge in [0.1, 0.15) is 0 Å². The Balaban J connectivity index is 3.82. The highest BCUT2D eigenvalue weighted by Gasteiger charge is 1.85. The van der Waals surface area contributed by atoms with E-state index in [0.29, 0.717) is 0 Å². The number of hydrogen-bond acceptors (Lipinski definition) is 2. The van der Waals surface area contributed by atoms with Gasteiger partial charge in [-0.25, -0.2) is 0 Å². The summed E-state index contributed by atoms with van der Waals surface area (Å²) in [5.41, 5.74) is 6.22. The van der Waals surface area contributed by atoms with Crippen LogP contribution in [0.25, 0.3) is 0 Å². The highest BCUT2D eigenvalue weighted by molar-refractivity contribution is 4.94. The predicted octanol–water partition coefficient (Wildman–Crippen LogP) is 1.27. The van der Waals surface area contributed by atoms with Gasteiger partial charge in [-0.2, -0.15) is 0 Å². The Labute approximate surface area is 56.6 Å². The van der Waals surface area contributed by atoms with Crippen LogP contribution < -0.4 is 5.73 Å². The van der Waals surface area contributed by atoms with Gasteiger partial charge in [-0.3, -0.25) is 0 Å². The molecule has 0 aromatic heterocycles. The van der Waals surface area contributed by atoms with Crippen molar-refractivity contribution < 1.29 is 0 Å². The summed E-state index contributed by atoms with van der Waals surface area (Å²) in [5.74, 6) is 0. The van der Waals surface area contributed by atoms with Gasteiger partial charge >= 0.3 is 0 Å². The van der Waals surface area contributed by atoms with Crippen LogP contribution in [0, 0.1) is 0 Å². The fraction of sp³-hybridized carbons (Fsp3) is 0.429. The molecule has 0 aliphatic heterocycles. The summed E-state index contributed by atoms with van der Waals surface area (Å²) in [6.45, 7) is 8.42. The summed E-state index contributed by atoms with van der Waals surface area (Å²) in [6.07, 6.45) is 3.60. The lowest BCUT2D eigenvalue weighted by Gasteiger charge is -2.10. The zero-order valence-electron chi connectivity index (χ0n) is 6.09. The first-order chi connectivity index (χ1) is 4.20. The van der Waals surface area contributed by atoms with E-state index in [4.69, 9.17) is 5.73 Å². The quantitative estimate of drug-likeness (QED) is 0.617. The van der Waals surface area contributed by atoms with Gasteiger partial charge < -0.3 is 10.6 Å². The largest absolute Gasteiger partial charge is 0.401 e. The minimum absolute atomic E-state index is 0.803. The Kier molecular flexibility index (Phi) is 3.60. The standard InChI is InChI=1S/C7H14N2/c1-4-9(5-2)6-7(3)8/h4,6H,1,5,8H2,2-3H3/b7-6-. The van der Waals surface area contributed by atoms with Crippen molar-refractivity contribution in [2.75, 3.05) is 6.54 Å². The van der Waals surface area contributed by atoms with Crippen molar-refractivity contribution in [3.63, 3.8) is 0 Å². The minimum atomic E-state index is 0.803. The average Bonchev–Trinajstić information content (AvgIpc) is 1.82. The maximum atomic E-state index is 5.42. The van der Waals surface area contributed by atoms with Gasteiger partial charge in [0.25, 0.3) is 0 Å². The van der Waals surface area contributed by atoms with Crippen LogP contribution in [0.3, 0.4) is 0 Å². The first-order valence-corrected chi connectivity index (χ1v) is 3.03. The molecule has 52 valence electrons. The molecule has 0 aliphatic rings. The van der Waals surface area contributed by atoms with Gasteiger partial charge in [0, 0.05) is 18.4 Å². The second kappa shape index (κ2) is 4.01. The highest BCUT2D eigenvalue weighted by atomic mass is 15.1. The molecular formula is C7H14N2. The molecule has 2 nitrogen and oxygen atoms in total. The summed E-state index contributed by atoms with van der Waals surface area (Å²) in [6, 6.07) is 0. The fourth-order valence-electron chi connectivity index (χ4n) is 0.535. The zero-order valence-corrected chi connectivity index (χ0v) is 6.09. The van der Waals surface area contributed by atoms with E-state index < -0.39 is 0 Å². The minimum Gasteiger partial charge on any atom is -0.401 e. The van der Waals surface area contributed by atoms with Crippen molar-refractivity contribution in [2.24, 2.45) is 5.73 Å². The third-order valence-corrected chi connectivity index (χ3v) is 0.969. The second-order valence-corrected chi connectivity index (χ2v) is 1.89. The number of hydrogen-bond donors (Lipinski definition) is 1. The smallest absolute Gasteiger partial charge is 0.0219 e. The highest BCUT2D eigenvalue weighted by Crippen LogP contribution is 1.90. The van der Waals surface area contributed by atoms with Gasteiger partial charge in [0.2, 0.25) is 0 Å². The number of nitrogens with zero attached hydrogens (tertiary/aromatic N) is 1. The molecule has 0 radical (unpaired) electrons. The van der Waals surface area contributed by atoms with Gasteiger partial charge in [0.15, 0.2) is 0 Å². The van der Waals surface area contributed by atoms with E-state index in [1.54, 1.807) is 6.20 Å². The van der Waals surface area contributed by atoms with Crippen molar-refractivity contribution in [1.29, 1.82) is 0 Å². The molecule has 2 N–H and O–H groups in total. The molecule has 0 spiro atoms. The predicted molar refractivity (Wildman–Crippen MR) is 40.5 cm³/mol. The summed E-state index contributed by atoms with van der Waals surface area (Å²) >= 11 is 0. The third-order valence-electron chi connectivity index (χ3n) is 0.969. The lowest BCUT2D eigenvalue weighted by molar-refractivity contribution is 0.533. The molecule has 0 aromatic rings. The van der Waals surface area contributed by atoms with Crippen LogP contribution in [0.4, 0.5) is 0 Å². The fourth-order valence-corrected chi connectivity index (χ4v) is 0.535. The molecule has 0 aromatic carbocycles. The van der Waals surface area contributed by atoms with Crippen LogP contribution in [-0.2, 0) is 0 Å². The second-order valence-electron chi connectivity index (χ2n) is 1.89. The van der Waals surface area contributed by atoms with E-state index in [9.17, 15) is 0 Å². The Morgan fingerprint density at radius 3 is 2.44 bits per heavy atom. The summed E-state index contributed by atoms with van der Waals surface area (Å²) in [7, 11) is 0. The number of allylic oxidation sites excluding steroid dienone is 1. The average molecular weight is 126 g/mol. The monoisotopic (exact) mass is 126 g/mol. The lowest BCUT2D eigenvalue weighted by atomic mass is 10.5. The van der Waals surface area contributed by atoms with Crippen LogP contribution in [0.2, 0.25) is 0 Å². The van der Waals surface area contributed by atoms with Gasteiger partial charge in [0.05, 0.1) is 0 Å². The maximum absolute atomic E-state index is 5.42. The molecule has 0 heterocycles. The van der Waals surface area contributed by atoms with Crippen molar-refractivity contribution in [3.8, 4) is 0 Å². The maximum Gasteiger partial charge on any atom is 0.0219 e. The molecule has 0 saturated carbocycles. The molecule has 0 aliphatic carbocycles. The van der Waals surface area contributed by atoms with E-state index >= 15 is 0 Å². The van der Waals surface area contributed by atoms with E-state index in [1.807, 2.05) is 24.9 Å². The molecule has 9 heavy (non-hydrogen) atoms. The van der Waals surface area contributed by atoms with Crippen LogP contribution in [0.5, 0.6) is 0 Å². The van der Waals surface area contributed by atoms with Gasteiger partial charge in [-0.1, -0.05) is 6.58 Å². The van der Waals surface area contributed by atoms with Crippen molar-refractivity contribution in [1.82, 2.24) is 4.90 Å². The first kappa shape index (κ1) is 8.08. The molecule has 0 fully saturated rings. The van der Waals surface area contributed by atoms with Crippen LogP contribution in [-0.4, -0.2) is 11.4 Å². The van der Waals surface area contributed by atoms with E-state index in [0.717, 1.165) is 12.2 Å². The topological polar surface area (TPSA) is 29.3 Å². The molecule has 0 saturated heterocycles. The molecule has 0 atom stereocenters. The Bertz CT molecular complexity index is 112. The van der Waals surface area contributed by atoms with E-state index in [1.165, 1.54) is 0 Å². The van der Waals surface area contributed by atoms with Crippen LogP contribution in [0.1, 0.15) is 13.8 Å².